The SMILES string of the molecule is CC(Br)(C=O)C(Br)C(Cl)(Cl)Cl. The highest BCUT2D eigenvalue weighted by Gasteiger charge is 2.43. The van der Waals surface area contributed by atoms with E-state index >= 15 is 0 Å². The van der Waals surface area contributed by atoms with E-state index in [2.05, 4.69) is 31.9 Å². The molecule has 0 saturated heterocycles. The molecule has 0 heterocycles. The first-order valence-electron chi connectivity index (χ1n) is 2.58. The summed E-state index contributed by atoms with van der Waals surface area (Å²) in [5, 5.41) is 0. The molecule has 0 N–H and O–H groups in total. The van der Waals surface area contributed by atoms with Crippen molar-refractivity contribution in [2.45, 2.75) is 19.9 Å². The molecule has 2 unspecified atom stereocenters. The van der Waals surface area contributed by atoms with Crippen molar-refractivity contribution in [3.05, 3.63) is 0 Å². The summed E-state index contributed by atoms with van der Waals surface area (Å²) in [6.07, 6.45) is 0.675. The second-order valence-corrected chi connectivity index (χ2v) is 7.17. The van der Waals surface area contributed by atoms with Crippen LogP contribution in [-0.4, -0.2) is 19.2 Å². The summed E-state index contributed by atoms with van der Waals surface area (Å²) in [6, 6.07) is 0. The van der Waals surface area contributed by atoms with Gasteiger partial charge in [-0.15, -0.1) is 0 Å². The van der Waals surface area contributed by atoms with Gasteiger partial charge in [0, 0.05) is 0 Å². The maximum atomic E-state index is 10.5. The van der Waals surface area contributed by atoms with Crippen LogP contribution in [0.1, 0.15) is 6.92 Å². The minimum Gasteiger partial charge on any atom is -0.302 e. The van der Waals surface area contributed by atoms with Gasteiger partial charge in [0.25, 0.3) is 0 Å². The second-order valence-electron chi connectivity index (χ2n) is 2.17. The van der Waals surface area contributed by atoms with Crippen molar-refractivity contribution in [1.82, 2.24) is 0 Å². The third kappa shape index (κ3) is 3.81. The molecule has 0 fully saturated rings. The van der Waals surface area contributed by atoms with Gasteiger partial charge in [0.2, 0.25) is 3.79 Å². The molecule has 0 aliphatic rings. The van der Waals surface area contributed by atoms with Crippen molar-refractivity contribution >= 4 is 72.9 Å². The van der Waals surface area contributed by atoms with E-state index in [1.807, 2.05) is 0 Å². The molecule has 1 nitrogen and oxygen atoms in total. The van der Waals surface area contributed by atoms with Crippen LogP contribution in [0.15, 0.2) is 0 Å². The number of alkyl halides is 5. The topological polar surface area (TPSA) is 17.1 Å². The molecule has 0 spiro atoms. The van der Waals surface area contributed by atoms with Crippen molar-refractivity contribution in [1.29, 1.82) is 0 Å². The van der Waals surface area contributed by atoms with Crippen LogP contribution in [0.25, 0.3) is 0 Å². The fourth-order valence-corrected chi connectivity index (χ4v) is 1.91. The maximum Gasteiger partial charge on any atom is 0.204 e. The van der Waals surface area contributed by atoms with Crippen molar-refractivity contribution in [3.63, 3.8) is 0 Å². The van der Waals surface area contributed by atoms with Crippen LogP contribution in [0, 0.1) is 0 Å². The van der Waals surface area contributed by atoms with Crippen LogP contribution in [0.4, 0.5) is 0 Å². The van der Waals surface area contributed by atoms with E-state index in [0.717, 1.165) is 0 Å². The molecule has 0 bridgehead atoms. The van der Waals surface area contributed by atoms with E-state index in [9.17, 15) is 4.79 Å². The van der Waals surface area contributed by atoms with Crippen LogP contribution in [0.3, 0.4) is 0 Å². The largest absolute Gasteiger partial charge is 0.302 e. The average molecular weight is 347 g/mol. The molecule has 11 heavy (non-hydrogen) atoms. The zero-order valence-corrected chi connectivity index (χ0v) is 10.9. The monoisotopic (exact) mass is 344 g/mol. The van der Waals surface area contributed by atoms with E-state index in [1.54, 1.807) is 6.92 Å². The second kappa shape index (κ2) is 4.14. The first kappa shape index (κ1) is 12.5. The van der Waals surface area contributed by atoms with E-state index in [4.69, 9.17) is 34.8 Å². The van der Waals surface area contributed by atoms with Gasteiger partial charge in [0.05, 0.1) is 9.15 Å². The molecule has 2 atom stereocenters. The molecule has 6 heteroatoms. The summed E-state index contributed by atoms with van der Waals surface area (Å²) in [4.78, 5) is 9.90. The molecule has 66 valence electrons. The van der Waals surface area contributed by atoms with E-state index in [1.165, 1.54) is 0 Å². The summed E-state index contributed by atoms with van der Waals surface area (Å²) in [6.45, 7) is 1.61. The summed E-state index contributed by atoms with van der Waals surface area (Å²) < 4.78 is -2.36. The lowest BCUT2D eigenvalue weighted by Gasteiger charge is -2.27. The predicted octanol–water partition coefficient (Wildman–Crippen LogP) is 3.47. The van der Waals surface area contributed by atoms with Crippen LogP contribution in [0.5, 0.6) is 0 Å². The smallest absolute Gasteiger partial charge is 0.204 e. The zero-order chi connectivity index (χ0) is 9.28. The molecule has 0 radical (unpaired) electrons. The molecule has 0 aromatic rings. The van der Waals surface area contributed by atoms with Gasteiger partial charge >= 0.3 is 0 Å². The lowest BCUT2D eigenvalue weighted by Crippen LogP contribution is -2.39. The van der Waals surface area contributed by atoms with Gasteiger partial charge in [0.15, 0.2) is 0 Å². The Labute approximate surface area is 97.0 Å². The van der Waals surface area contributed by atoms with Crippen molar-refractivity contribution in [2.24, 2.45) is 0 Å². The van der Waals surface area contributed by atoms with Gasteiger partial charge in [0.1, 0.15) is 6.29 Å². The Hall–Kier alpha value is 1.50. The van der Waals surface area contributed by atoms with E-state index < -0.39 is 12.9 Å². The number of hydrogen-bond acceptors (Lipinski definition) is 1. The Morgan fingerprint density at radius 3 is 1.91 bits per heavy atom. The third-order valence-corrected chi connectivity index (χ3v) is 5.36. The maximum absolute atomic E-state index is 10.5. The fourth-order valence-electron chi connectivity index (χ4n) is 0.380. The fraction of sp³-hybridized carbons (Fsp3) is 0.800. The minimum atomic E-state index is -1.50. The molecule has 0 aliphatic heterocycles. The van der Waals surface area contributed by atoms with Crippen molar-refractivity contribution in [3.8, 4) is 0 Å². The average Bonchev–Trinajstić information content (AvgIpc) is 1.84. The zero-order valence-electron chi connectivity index (χ0n) is 5.45. The molecular weight excluding hydrogens is 342 g/mol. The van der Waals surface area contributed by atoms with Crippen molar-refractivity contribution < 1.29 is 4.79 Å². The quantitative estimate of drug-likeness (QED) is 0.552. The van der Waals surface area contributed by atoms with Gasteiger partial charge in [-0.05, 0) is 6.92 Å². The van der Waals surface area contributed by atoms with Crippen LogP contribution < -0.4 is 0 Å². The number of carbonyl (C=O) groups is 1. The lowest BCUT2D eigenvalue weighted by atomic mass is 10.1. The summed E-state index contributed by atoms with van der Waals surface area (Å²) in [7, 11) is 0. The molecule has 0 saturated carbocycles. The van der Waals surface area contributed by atoms with E-state index in [0.29, 0.717) is 6.29 Å². The molecule has 0 rings (SSSR count). The Balaban J connectivity index is 4.48. The van der Waals surface area contributed by atoms with Gasteiger partial charge < -0.3 is 4.79 Å². The van der Waals surface area contributed by atoms with Crippen LogP contribution in [0.2, 0.25) is 0 Å². The number of carbonyl (C=O) groups excluding carboxylic acids is 1. The minimum absolute atomic E-state index is 0.565. The number of rotatable bonds is 2. The molecule has 0 aromatic carbocycles. The highest BCUT2D eigenvalue weighted by molar-refractivity contribution is 9.12. The number of aldehydes is 1. The van der Waals surface area contributed by atoms with Crippen LogP contribution >= 0.6 is 66.7 Å². The molecule has 0 aliphatic carbocycles. The Morgan fingerprint density at radius 1 is 1.45 bits per heavy atom. The third-order valence-electron chi connectivity index (χ3n) is 1.01. The number of halogens is 5. The number of hydrogen-bond donors (Lipinski definition) is 0. The highest BCUT2D eigenvalue weighted by atomic mass is 79.9. The molecular formula is C5H5Br2Cl3O. The normalized spacial score (nSPS) is 20.5. The molecule has 0 aromatic heterocycles. The summed E-state index contributed by atoms with van der Waals surface area (Å²) >= 11 is 22.8. The van der Waals surface area contributed by atoms with Gasteiger partial charge in [-0.25, -0.2) is 0 Å². The predicted molar refractivity (Wildman–Crippen MR) is 56.4 cm³/mol. The van der Waals surface area contributed by atoms with Gasteiger partial charge in [-0.3, -0.25) is 0 Å². The Morgan fingerprint density at radius 2 is 1.82 bits per heavy atom. The standard InChI is InChI=1S/C5H5Br2Cl3O/c1-4(7,2-11)3(6)5(8,9)10/h2-3H,1H3. The first-order valence-corrected chi connectivity index (χ1v) is 5.42. The molecule has 0 amide bonds. The highest BCUT2D eigenvalue weighted by Crippen LogP contribution is 2.43. The van der Waals surface area contributed by atoms with Crippen molar-refractivity contribution in [2.75, 3.05) is 0 Å². The Bertz CT molecular complexity index is 154. The lowest BCUT2D eigenvalue weighted by molar-refractivity contribution is -0.109. The summed E-state index contributed by atoms with van der Waals surface area (Å²) in [5.74, 6) is 0. The van der Waals surface area contributed by atoms with Gasteiger partial charge in [-0.1, -0.05) is 66.7 Å². The van der Waals surface area contributed by atoms with E-state index in [-0.39, 0.29) is 0 Å². The first-order chi connectivity index (χ1) is 4.72. The Kier molecular flexibility index (Phi) is 4.70. The summed E-state index contributed by atoms with van der Waals surface area (Å²) in [5.41, 5.74) is 0. The van der Waals surface area contributed by atoms with Gasteiger partial charge in [-0.2, -0.15) is 0 Å². The van der Waals surface area contributed by atoms with Crippen LogP contribution in [-0.2, 0) is 4.79 Å².